The maximum absolute atomic E-state index is 12.6. The van der Waals surface area contributed by atoms with E-state index in [9.17, 15) is 4.79 Å². The number of aromatic nitrogens is 1. The van der Waals surface area contributed by atoms with Crippen LogP contribution in [0.5, 0.6) is 0 Å². The summed E-state index contributed by atoms with van der Waals surface area (Å²) in [6, 6.07) is 16.7. The molecule has 0 bridgehead atoms. The number of aryl methyl sites for hydroxylation is 1. The van der Waals surface area contributed by atoms with Gasteiger partial charge in [-0.15, -0.1) is 0 Å². The molecule has 0 fully saturated rings. The van der Waals surface area contributed by atoms with Crippen molar-refractivity contribution in [3.8, 4) is 29.0 Å². The number of benzene rings is 2. The summed E-state index contributed by atoms with van der Waals surface area (Å²) in [4.78, 5) is 17.6. The van der Waals surface area contributed by atoms with E-state index in [1.54, 1.807) is 0 Å². The Morgan fingerprint density at radius 1 is 1.11 bits per heavy atom. The standard InChI is InChI=1S/C32H37N3O2/c1-22(2)19-29-27(21-34-31(36)37-32(4,5)6)30(25-15-12-23(3)13-16-25)26-20-24(14-17-28(26)35-29)11-9-7-8-10-18-33/h12-17,20,22H,7-8,10,19,21H2,1-6H3,(H,34,36). The molecule has 2 aromatic carbocycles. The fraction of sp³-hybridized carbons (Fsp3) is 0.406. The minimum absolute atomic E-state index is 0.313. The monoisotopic (exact) mass is 495 g/mol. The Morgan fingerprint density at radius 3 is 2.49 bits per heavy atom. The van der Waals surface area contributed by atoms with Crippen molar-refractivity contribution < 1.29 is 9.53 Å². The molecule has 3 rings (SSSR count). The molecule has 0 atom stereocenters. The van der Waals surface area contributed by atoms with Crippen molar-refractivity contribution in [1.29, 1.82) is 5.26 Å². The number of pyridine rings is 1. The largest absolute Gasteiger partial charge is 0.444 e. The molecule has 0 aliphatic rings. The Bertz CT molecular complexity index is 1350. The molecule has 1 aromatic heterocycles. The summed E-state index contributed by atoms with van der Waals surface area (Å²) in [7, 11) is 0. The number of amides is 1. The zero-order valence-corrected chi connectivity index (χ0v) is 22.9. The highest BCUT2D eigenvalue weighted by molar-refractivity contribution is 5.97. The fourth-order valence-corrected chi connectivity index (χ4v) is 4.12. The second-order valence-corrected chi connectivity index (χ2v) is 10.8. The molecule has 0 radical (unpaired) electrons. The van der Waals surface area contributed by atoms with Crippen LogP contribution in [-0.4, -0.2) is 16.7 Å². The van der Waals surface area contributed by atoms with Crippen LogP contribution < -0.4 is 5.32 Å². The van der Waals surface area contributed by atoms with Gasteiger partial charge in [0.05, 0.1) is 11.6 Å². The molecule has 37 heavy (non-hydrogen) atoms. The predicted molar refractivity (Wildman–Crippen MR) is 150 cm³/mol. The van der Waals surface area contributed by atoms with E-state index in [1.165, 1.54) is 5.56 Å². The van der Waals surface area contributed by atoms with Crippen molar-refractivity contribution in [2.75, 3.05) is 0 Å². The quantitative estimate of drug-likeness (QED) is 0.272. The van der Waals surface area contributed by atoms with Gasteiger partial charge in [-0.2, -0.15) is 5.26 Å². The molecule has 0 aliphatic carbocycles. The van der Waals surface area contributed by atoms with Crippen molar-refractivity contribution in [2.24, 2.45) is 5.92 Å². The normalized spacial score (nSPS) is 11.1. The van der Waals surface area contributed by atoms with Crippen molar-refractivity contribution in [3.05, 3.63) is 64.8 Å². The van der Waals surface area contributed by atoms with Crippen molar-refractivity contribution >= 4 is 17.0 Å². The molecule has 0 saturated heterocycles. The first kappa shape index (κ1) is 27.8. The SMILES string of the molecule is Cc1ccc(-c2c(CNC(=O)OC(C)(C)C)c(CC(C)C)nc3ccc(C#CCCCC#N)cc23)cc1. The van der Waals surface area contributed by atoms with Gasteiger partial charge in [-0.3, -0.25) is 4.98 Å². The van der Waals surface area contributed by atoms with Gasteiger partial charge in [0.15, 0.2) is 0 Å². The Kier molecular flexibility index (Phi) is 9.31. The third kappa shape index (κ3) is 8.09. The summed E-state index contributed by atoms with van der Waals surface area (Å²) in [6.45, 7) is 12.3. The Hall–Kier alpha value is -3.83. The molecule has 1 N–H and O–H groups in total. The van der Waals surface area contributed by atoms with E-state index in [0.717, 1.165) is 51.7 Å². The first-order valence-electron chi connectivity index (χ1n) is 12.9. The van der Waals surface area contributed by atoms with Gasteiger partial charge in [-0.1, -0.05) is 55.5 Å². The summed E-state index contributed by atoms with van der Waals surface area (Å²) in [5, 5.41) is 12.7. The zero-order chi connectivity index (χ0) is 27.0. The van der Waals surface area contributed by atoms with Gasteiger partial charge >= 0.3 is 6.09 Å². The number of nitrogens with zero attached hydrogens (tertiary/aromatic N) is 2. The molecule has 5 nitrogen and oxygen atoms in total. The summed E-state index contributed by atoms with van der Waals surface area (Å²) in [6.07, 6.45) is 2.32. The van der Waals surface area contributed by atoms with Crippen molar-refractivity contribution in [2.45, 2.75) is 79.4 Å². The van der Waals surface area contributed by atoms with E-state index in [4.69, 9.17) is 15.0 Å². The number of hydrogen-bond donors (Lipinski definition) is 1. The van der Waals surface area contributed by atoms with E-state index >= 15 is 0 Å². The number of alkyl carbamates (subject to hydrolysis) is 1. The van der Waals surface area contributed by atoms with Crippen LogP contribution in [0.2, 0.25) is 0 Å². The van der Waals surface area contributed by atoms with Crippen LogP contribution in [0.25, 0.3) is 22.0 Å². The van der Waals surface area contributed by atoms with Crippen molar-refractivity contribution in [1.82, 2.24) is 10.3 Å². The lowest BCUT2D eigenvalue weighted by Crippen LogP contribution is -2.32. The Labute approximate surface area is 221 Å². The van der Waals surface area contributed by atoms with E-state index in [1.807, 2.05) is 32.9 Å². The van der Waals surface area contributed by atoms with E-state index in [0.29, 0.717) is 25.3 Å². The van der Waals surface area contributed by atoms with Gasteiger partial charge in [0, 0.05) is 41.6 Å². The first-order valence-corrected chi connectivity index (χ1v) is 12.9. The third-order valence-electron chi connectivity index (χ3n) is 5.74. The average molecular weight is 496 g/mol. The van der Waals surface area contributed by atoms with Gasteiger partial charge in [0.2, 0.25) is 0 Å². The molecule has 5 heteroatoms. The summed E-state index contributed by atoms with van der Waals surface area (Å²) < 4.78 is 5.51. The van der Waals surface area contributed by atoms with Crippen LogP contribution in [-0.2, 0) is 17.7 Å². The number of fused-ring (bicyclic) bond motifs is 1. The second kappa shape index (κ2) is 12.4. The number of rotatable bonds is 7. The highest BCUT2D eigenvalue weighted by Gasteiger charge is 2.21. The maximum Gasteiger partial charge on any atom is 0.407 e. The topological polar surface area (TPSA) is 75.0 Å². The van der Waals surface area contributed by atoms with Gasteiger partial charge in [0.25, 0.3) is 0 Å². The van der Waals surface area contributed by atoms with Crippen LogP contribution in [0.4, 0.5) is 4.79 Å². The average Bonchev–Trinajstić information content (AvgIpc) is 2.81. The highest BCUT2D eigenvalue weighted by Crippen LogP contribution is 2.35. The molecular weight excluding hydrogens is 458 g/mol. The molecule has 0 spiro atoms. The maximum atomic E-state index is 12.6. The summed E-state index contributed by atoms with van der Waals surface area (Å²) in [5.74, 6) is 6.83. The van der Waals surface area contributed by atoms with Crippen LogP contribution in [0, 0.1) is 36.0 Å². The molecule has 192 valence electrons. The van der Waals surface area contributed by atoms with Gasteiger partial charge in [0.1, 0.15) is 5.60 Å². The number of ether oxygens (including phenoxy) is 1. The Balaban J connectivity index is 2.17. The zero-order valence-electron chi connectivity index (χ0n) is 22.9. The minimum atomic E-state index is -0.576. The highest BCUT2D eigenvalue weighted by atomic mass is 16.6. The first-order chi connectivity index (χ1) is 17.6. The predicted octanol–water partition coefficient (Wildman–Crippen LogP) is 7.48. The van der Waals surface area contributed by atoms with Crippen LogP contribution in [0.15, 0.2) is 42.5 Å². The molecule has 0 unspecified atom stereocenters. The second-order valence-electron chi connectivity index (χ2n) is 10.8. The van der Waals surface area contributed by atoms with Crippen molar-refractivity contribution in [3.63, 3.8) is 0 Å². The van der Waals surface area contributed by atoms with Gasteiger partial charge in [-0.25, -0.2) is 4.79 Å². The number of nitrogens with one attached hydrogen (secondary N) is 1. The fourth-order valence-electron chi connectivity index (χ4n) is 4.12. The smallest absolute Gasteiger partial charge is 0.407 e. The van der Waals surface area contributed by atoms with Crippen LogP contribution in [0.3, 0.4) is 0 Å². The number of nitriles is 1. The number of carbonyl (C=O) groups excluding carboxylic acids is 1. The van der Waals surface area contributed by atoms with E-state index in [-0.39, 0.29) is 0 Å². The molecule has 1 amide bonds. The van der Waals surface area contributed by atoms with E-state index in [2.05, 4.69) is 74.3 Å². The molecule has 0 aliphatic heterocycles. The lowest BCUT2D eigenvalue weighted by atomic mass is 9.90. The minimum Gasteiger partial charge on any atom is -0.444 e. The number of hydrogen-bond acceptors (Lipinski definition) is 4. The molecule has 3 aromatic rings. The molecular formula is C32H37N3O2. The van der Waals surface area contributed by atoms with Gasteiger partial charge < -0.3 is 10.1 Å². The molecule has 1 heterocycles. The lowest BCUT2D eigenvalue weighted by Gasteiger charge is -2.22. The third-order valence-corrected chi connectivity index (χ3v) is 5.74. The van der Waals surface area contributed by atoms with Crippen LogP contribution >= 0.6 is 0 Å². The summed E-state index contributed by atoms with van der Waals surface area (Å²) >= 11 is 0. The molecule has 0 saturated carbocycles. The van der Waals surface area contributed by atoms with Gasteiger partial charge in [-0.05, 0) is 75.8 Å². The van der Waals surface area contributed by atoms with Crippen LogP contribution in [0.1, 0.15) is 76.3 Å². The Morgan fingerprint density at radius 2 is 1.84 bits per heavy atom. The number of unbranched alkanes of at least 4 members (excludes halogenated alkanes) is 2. The summed E-state index contributed by atoms with van der Waals surface area (Å²) in [5.41, 5.74) is 6.52. The lowest BCUT2D eigenvalue weighted by molar-refractivity contribution is 0.0523. The van der Waals surface area contributed by atoms with E-state index < -0.39 is 11.7 Å². The number of carbonyl (C=O) groups is 1.